The van der Waals surface area contributed by atoms with Crippen LogP contribution in [0.2, 0.25) is 0 Å². The van der Waals surface area contributed by atoms with Crippen LogP contribution in [0.25, 0.3) is 0 Å². The van der Waals surface area contributed by atoms with Crippen molar-refractivity contribution in [3.63, 3.8) is 0 Å². The summed E-state index contributed by atoms with van der Waals surface area (Å²) in [5, 5.41) is 9.78. The van der Waals surface area contributed by atoms with Gasteiger partial charge in [0, 0.05) is 31.6 Å². The molecule has 4 heteroatoms. The van der Waals surface area contributed by atoms with Gasteiger partial charge in [-0.1, -0.05) is 24.3 Å². The maximum atomic E-state index is 9.78. The number of rotatable bonds is 0. The summed E-state index contributed by atoms with van der Waals surface area (Å²) in [7, 11) is 2.18. The molecule has 1 saturated heterocycles. The molecule has 1 fully saturated rings. The summed E-state index contributed by atoms with van der Waals surface area (Å²) in [6, 6.07) is 10.8. The number of fused-ring (bicyclic) bond motifs is 5. The van der Waals surface area contributed by atoms with E-state index in [0.29, 0.717) is 6.04 Å². The third-order valence-corrected chi connectivity index (χ3v) is 4.58. The van der Waals surface area contributed by atoms with Gasteiger partial charge in [0.05, 0.1) is 12.2 Å². The largest absolute Gasteiger partial charge is 0.506 e. The monoisotopic (exact) mass is 281 g/mol. The Kier molecular flexibility index (Phi) is 2.86. The van der Waals surface area contributed by atoms with Crippen molar-refractivity contribution in [2.24, 2.45) is 0 Å². The first kappa shape index (κ1) is 12.7. The fourth-order valence-corrected chi connectivity index (χ4v) is 3.54. The van der Waals surface area contributed by atoms with Crippen LogP contribution < -0.4 is 4.90 Å². The van der Waals surface area contributed by atoms with Gasteiger partial charge in [0.1, 0.15) is 11.6 Å². The van der Waals surface area contributed by atoms with Crippen LogP contribution in [-0.4, -0.2) is 41.7 Å². The minimum absolute atomic E-state index is 0.249. The minimum atomic E-state index is 0.249. The second-order valence-corrected chi connectivity index (χ2v) is 6.02. The third kappa shape index (κ3) is 2.07. The van der Waals surface area contributed by atoms with Gasteiger partial charge < -0.3 is 14.9 Å². The number of aromatic nitrogens is 1. The topological polar surface area (TPSA) is 39.6 Å². The Balaban J connectivity index is 1.90. The average molecular weight is 281 g/mol. The number of benzene rings is 1. The van der Waals surface area contributed by atoms with E-state index in [1.54, 1.807) is 6.20 Å². The number of likely N-dealkylation sites (N-methyl/N-ethyl adjacent to an activating group) is 1. The first-order valence-corrected chi connectivity index (χ1v) is 7.43. The normalized spacial score (nSPS) is 21.2. The van der Waals surface area contributed by atoms with Gasteiger partial charge in [-0.05, 0) is 24.2 Å². The van der Waals surface area contributed by atoms with Crippen LogP contribution in [0.15, 0.2) is 36.5 Å². The highest BCUT2D eigenvalue weighted by Crippen LogP contribution is 2.38. The van der Waals surface area contributed by atoms with Crippen LogP contribution in [0.1, 0.15) is 22.7 Å². The van der Waals surface area contributed by atoms with Crippen molar-refractivity contribution in [3.05, 3.63) is 53.2 Å². The predicted molar refractivity (Wildman–Crippen MR) is 82.7 cm³/mol. The fraction of sp³-hybridized carbons (Fsp3) is 0.353. The fourth-order valence-electron chi connectivity index (χ4n) is 3.54. The van der Waals surface area contributed by atoms with Crippen molar-refractivity contribution in [1.29, 1.82) is 0 Å². The van der Waals surface area contributed by atoms with Gasteiger partial charge in [-0.2, -0.15) is 0 Å². The van der Waals surface area contributed by atoms with Crippen molar-refractivity contribution >= 4 is 5.82 Å². The summed E-state index contributed by atoms with van der Waals surface area (Å²) in [6.07, 6.45) is 2.40. The molecule has 0 spiro atoms. The molecule has 2 aliphatic heterocycles. The molecule has 1 aromatic carbocycles. The summed E-state index contributed by atoms with van der Waals surface area (Å²) in [5.74, 6) is 1.28. The van der Waals surface area contributed by atoms with Crippen molar-refractivity contribution in [1.82, 2.24) is 9.88 Å². The molecule has 0 bridgehead atoms. The Hall–Kier alpha value is -2.07. The molecule has 2 aliphatic rings. The van der Waals surface area contributed by atoms with Gasteiger partial charge in [-0.3, -0.25) is 0 Å². The van der Waals surface area contributed by atoms with E-state index >= 15 is 0 Å². The highest BCUT2D eigenvalue weighted by molar-refractivity contribution is 5.57. The van der Waals surface area contributed by atoms with E-state index in [-0.39, 0.29) is 5.75 Å². The van der Waals surface area contributed by atoms with Crippen LogP contribution in [0, 0.1) is 0 Å². The zero-order valence-electron chi connectivity index (χ0n) is 12.2. The second kappa shape index (κ2) is 4.74. The van der Waals surface area contributed by atoms with Crippen molar-refractivity contribution in [2.45, 2.75) is 12.5 Å². The van der Waals surface area contributed by atoms with E-state index in [1.165, 1.54) is 11.1 Å². The molecule has 2 aromatic rings. The summed E-state index contributed by atoms with van der Waals surface area (Å²) in [4.78, 5) is 9.31. The maximum Gasteiger partial charge on any atom is 0.134 e. The summed E-state index contributed by atoms with van der Waals surface area (Å²) < 4.78 is 0. The van der Waals surface area contributed by atoms with Crippen molar-refractivity contribution in [3.8, 4) is 5.75 Å². The van der Waals surface area contributed by atoms with Crippen molar-refractivity contribution in [2.75, 3.05) is 31.6 Å². The van der Waals surface area contributed by atoms with Gasteiger partial charge in [-0.15, -0.1) is 0 Å². The van der Waals surface area contributed by atoms with Gasteiger partial charge >= 0.3 is 0 Å². The van der Waals surface area contributed by atoms with Gasteiger partial charge in [-0.25, -0.2) is 4.98 Å². The number of hydrogen-bond acceptors (Lipinski definition) is 4. The van der Waals surface area contributed by atoms with Gasteiger partial charge in [0.2, 0.25) is 0 Å². The van der Waals surface area contributed by atoms with Crippen LogP contribution >= 0.6 is 0 Å². The number of nitrogens with zero attached hydrogens (tertiary/aromatic N) is 3. The van der Waals surface area contributed by atoms with Crippen LogP contribution in [0.3, 0.4) is 0 Å². The molecule has 21 heavy (non-hydrogen) atoms. The average Bonchev–Trinajstić information content (AvgIpc) is 2.61. The van der Waals surface area contributed by atoms with Gasteiger partial charge in [0.15, 0.2) is 0 Å². The molecule has 108 valence electrons. The quantitative estimate of drug-likeness (QED) is 0.803. The SMILES string of the molecule is CN1CCN2c3ncc(O)cc3Cc3ccccc3[C@@H]2C1. The van der Waals surface area contributed by atoms with Gasteiger partial charge in [0.25, 0.3) is 0 Å². The first-order valence-electron chi connectivity index (χ1n) is 7.43. The number of pyridine rings is 1. The van der Waals surface area contributed by atoms with E-state index in [9.17, 15) is 5.11 Å². The number of hydrogen-bond donors (Lipinski definition) is 1. The Labute approximate surface area is 124 Å². The molecule has 1 atom stereocenters. The lowest BCUT2D eigenvalue weighted by atomic mass is 9.96. The molecule has 1 aromatic heterocycles. The molecular weight excluding hydrogens is 262 g/mol. The summed E-state index contributed by atoms with van der Waals surface area (Å²) in [5.41, 5.74) is 3.85. The standard InChI is InChI=1S/C17H19N3O/c1-19-6-7-20-16(11-19)15-5-3-2-4-12(15)8-13-9-14(21)10-18-17(13)20/h2-5,9-10,16,21H,6-8,11H2,1H3/t16-/m0/s1. The molecule has 4 nitrogen and oxygen atoms in total. The number of piperazine rings is 1. The van der Waals surface area contributed by atoms with Crippen LogP contribution in [0.5, 0.6) is 5.75 Å². The zero-order valence-corrected chi connectivity index (χ0v) is 12.2. The molecule has 0 radical (unpaired) electrons. The molecule has 3 heterocycles. The molecule has 4 rings (SSSR count). The van der Waals surface area contributed by atoms with Crippen LogP contribution in [0.4, 0.5) is 5.82 Å². The molecule has 0 aliphatic carbocycles. The number of anilines is 1. The van der Waals surface area contributed by atoms with E-state index in [1.807, 2.05) is 6.07 Å². The molecule has 0 saturated carbocycles. The van der Waals surface area contributed by atoms with E-state index in [4.69, 9.17) is 0 Å². The Morgan fingerprint density at radius 3 is 2.95 bits per heavy atom. The first-order chi connectivity index (χ1) is 10.2. The lowest BCUT2D eigenvalue weighted by Gasteiger charge is -2.41. The minimum Gasteiger partial charge on any atom is -0.506 e. The third-order valence-electron chi connectivity index (χ3n) is 4.58. The van der Waals surface area contributed by atoms with E-state index in [2.05, 4.69) is 46.1 Å². The molecule has 0 unspecified atom stereocenters. The van der Waals surface area contributed by atoms with Crippen molar-refractivity contribution < 1.29 is 5.11 Å². The zero-order chi connectivity index (χ0) is 14.4. The number of aromatic hydroxyl groups is 1. The molecule has 0 amide bonds. The predicted octanol–water partition coefficient (Wildman–Crippen LogP) is 2.18. The smallest absolute Gasteiger partial charge is 0.134 e. The Morgan fingerprint density at radius 1 is 1.19 bits per heavy atom. The Morgan fingerprint density at radius 2 is 2.05 bits per heavy atom. The highest BCUT2D eigenvalue weighted by atomic mass is 16.3. The lowest BCUT2D eigenvalue weighted by Crippen LogP contribution is -2.47. The maximum absolute atomic E-state index is 9.78. The van der Waals surface area contributed by atoms with Crippen LogP contribution in [-0.2, 0) is 6.42 Å². The highest BCUT2D eigenvalue weighted by Gasteiger charge is 2.32. The lowest BCUT2D eigenvalue weighted by molar-refractivity contribution is 0.268. The second-order valence-electron chi connectivity index (χ2n) is 6.02. The van der Waals surface area contributed by atoms with E-state index in [0.717, 1.165) is 37.4 Å². The summed E-state index contributed by atoms with van der Waals surface area (Å²) >= 11 is 0. The summed E-state index contributed by atoms with van der Waals surface area (Å²) in [6.45, 7) is 3.03. The molecule has 1 N–H and O–H groups in total. The Bertz CT molecular complexity index is 685. The molecular formula is C17H19N3O. The van der Waals surface area contributed by atoms with E-state index < -0.39 is 0 Å².